The summed E-state index contributed by atoms with van der Waals surface area (Å²) in [5, 5.41) is 4.21. The molecule has 1 aliphatic heterocycles. The zero-order valence-corrected chi connectivity index (χ0v) is 20.5. The number of sulfonamides is 1. The van der Waals surface area contributed by atoms with E-state index in [1.165, 1.54) is 28.6 Å². The van der Waals surface area contributed by atoms with Crippen molar-refractivity contribution in [3.05, 3.63) is 69.5 Å². The van der Waals surface area contributed by atoms with Gasteiger partial charge in [-0.05, 0) is 48.2 Å². The molecule has 0 spiro atoms. The Morgan fingerprint density at radius 2 is 1.72 bits per heavy atom. The highest BCUT2D eigenvalue weighted by Gasteiger charge is 2.31. The lowest BCUT2D eigenvalue weighted by atomic mass is 9.97. The predicted octanol–water partition coefficient (Wildman–Crippen LogP) is 4.72. The van der Waals surface area contributed by atoms with E-state index in [0.717, 1.165) is 11.3 Å². The van der Waals surface area contributed by atoms with Crippen molar-refractivity contribution in [1.82, 2.24) is 9.62 Å². The van der Waals surface area contributed by atoms with E-state index in [0.29, 0.717) is 53.8 Å². The zero-order chi connectivity index (χ0) is 23.1. The van der Waals surface area contributed by atoms with E-state index >= 15 is 0 Å². The molecule has 2 aromatic carbocycles. The molecule has 0 saturated carbocycles. The first kappa shape index (κ1) is 25.3. The molecule has 2 aromatic rings. The number of rotatable bonds is 9. The third-order valence-electron chi connectivity index (χ3n) is 5.33. The first-order valence-electron chi connectivity index (χ1n) is 10.3. The van der Waals surface area contributed by atoms with Gasteiger partial charge >= 0.3 is 0 Å². The van der Waals surface area contributed by atoms with E-state index in [1.807, 2.05) is 0 Å². The fraction of sp³-hybridized carbons (Fsp3) is 0.409. The highest BCUT2D eigenvalue weighted by Crippen LogP contribution is 2.28. The summed E-state index contributed by atoms with van der Waals surface area (Å²) < 4.78 is 39.7. The Bertz CT molecular complexity index is 1010. The number of nitrogens with one attached hydrogen (secondary N) is 1. The second-order valence-corrected chi connectivity index (χ2v) is 11.5. The van der Waals surface area contributed by atoms with Gasteiger partial charge in [-0.1, -0.05) is 41.4 Å². The van der Waals surface area contributed by atoms with Crippen molar-refractivity contribution < 1.29 is 17.6 Å². The third-order valence-corrected chi connectivity index (χ3v) is 8.88. The van der Waals surface area contributed by atoms with Gasteiger partial charge in [0.2, 0.25) is 15.9 Å². The lowest BCUT2D eigenvalue weighted by molar-refractivity contribution is -0.125. The second kappa shape index (κ2) is 11.7. The highest BCUT2D eigenvalue weighted by molar-refractivity contribution is 7.98. The van der Waals surface area contributed by atoms with E-state index in [2.05, 4.69) is 5.32 Å². The van der Waals surface area contributed by atoms with Crippen LogP contribution in [0.5, 0.6) is 0 Å². The monoisotopic (exact) mass is 518 g/mol. The number of nitrogens with zero attached hydrogens (tertiary/aromatic N) is 1. The summed E-state index contributed by atoms with van der Waals surface area (Å²) >= 11 is 14.0. The number of amides is 1. The second-order valence-electron chi connectivity index (χ2n) is 7.60. The average molecular weight is 519 g/mol. The number of halogens is 3. The molecular weight excluding hydrogens is 494 g/mol. The molecule has 0 bridgehead atoms. The molecule has 32 heavy (non-hydrogen) atoms. The lowest BCUT2D eigenvalue weighted by Gasteiger charge is -2.30. The van der Waals surface area contributed by atoms with E-state index in [9.17, 15) is 17.6 Å². The summed E-state index contributed by atoms with van der Waals surface area (Å²) in [6.07, 6.45) is 0.966. The molecule has 1 fully saturated rings. The summed E-state index contributed by atoms with van der Waals surface area (Å²) in [5.74, 6) is 0.574. The van der Waals surface area contributed by atoms with E-state index < -0.39 is 15.8 Å². The van der Waals surface area contributed by atoms with Gasteiger partial charge in [0, 0.05) is 47.1 Å². The van der Waals surface area contributed by atoms with Gasteiger partial charge in [-0.3, -0.25) is 4.79 Å². The molecule has 3 rings (SSSR count). The predicted molar refractivity (Wildman–Crippen MR) is 129 cm³/mol. The number of carbonyl (C=O) groups is 1. The number of hydrogen-bond donors (Lipinski definition) is 1. The van der Waals surface area contributed by atoms with Crippen LogP contribution >= 0.6 is 35.0 Å². The third kappa shape index (κ3) is 7.09. The standard InChI is InChI=1S/C22H25Cl2FN2O3S2/c23-20-2-1-3-21(24)19(20)14-31-13-10-26-22(28)17-8-11-27(12-9-17)32(29,30)15-16-4-6-18(25)7-5-16/h1-7,17H,8-15H2,(H,26,28). The molecule has 174 valence electrons. The minimum Gasteiger partial charge on any atom is -0.355 e. The number of thioether (sulfide) groups is 1. The largest absolute Gasteiger partial charge is 0.355 e. The normalized spacial score (nSPS) is 15.6. The van der Waals surface area contributed by atoms with Crippen LogP contribution in [0.4, 0.5) is 4.39 Å². The molecule has 1 saturated heterocycles. The maximum absolute atomic E-state index is 13.0. The van der Waals surface area contributed by atoms with Crippen LogP contribution < -0.4 is 5.32 Å². The number of piperidine rings is 1. The van der Waals surface area contributed by atoms with Gasteiger partial charge in [-0.2, -0.15) is 11.8 Å². The van der Waals surface area contributed by atoms with Crippen molar-refractivity contribution in [2.75, 3.05) is 25.4 Å². The minimum atomic E-state index is -3.50. The van der Waals surface area contributed by atoms with Gasteiger partial charge in [-0.15, -0.1) is 0 Å². The molecule has 10 heteroatoms. The minimum absolute atomic E-state index is 0.0445. The Labute approximate surface area is 202 Å². The van der Waals surface area contributed by atoms with Crippen molar-refractivity contribution in [1.29, 1.82) is 0 Å². The van der Waals surface area contributed by atoms with E-state index in [1.54, 1.807) is 30.0 Å². The van der Waals surface area contributed by atoms with Crippen LogP contribution in [0.15, 0.2) is 42.5 Å². The molecule has 0 aromatic heterocycles. The average Bonchev–Trinajstić information content (AvgIpc) is 2.77. The van der Waals surface area contributed by atoms with Crippen molar-refractivity contribution in [3.63, 3.8) is 0 Å². The molecular formula is C22H25Cl2FN2O3S2. The van der Waals surface area contributed by atoms with Crippen molar-refractivity contribution >= 4 is 50.9 Å². The smallest absolute Gasteiger partial charge is 0.223 e. The van der Waals surface area contributed by atoms with Gasteiger partial charge in [-0.25, -0.2) is 17.1 Å². The molecule has 0 atom stereocenters. The maximum Gasteiger partial charge on any atom is 0.223 e. The molecule has 1 amide bonds. The number of benzene rings is 2. The van der Waals surface area contributed by atoms with Crippen LogP contribution in [-0.2, 0) is 26.3 Å². The Morgan fingerprint density at radius 1 is 1.09 bits per heavy atom. The first-order valence-corrected chi connectivity index (χ1v) is 13.8. The van der Waals surface area contributed by atoms with Crippen LogP contribution in [0.2, 0.25) is 10.0 Å². The molecule has 1 heterocycles. The Morgan fingerprint density at radius 3 is 2.34 bits per heavy atom. The topological polar surface area (TPSA) is 66.5 Å². The van der Waals surface area contributed by atoms with Gasteiger partial charge < -0.3 is 5.32 Å². The lowest BCUT2D eigenvalue weighted by Crippen LogP contribution is -2.43. The maximum atomic E-state index is 13.0. The van der Waals surface area contributed by atoms with Crippen molar-refractivity contribution in [2.24, 2.45) is 5.92 Å². The molecule has 0 unspecified atom stereocenters. The fourth-order valence-corrected chi connectivity index (χ4v) is 6.67. The Kier molecular flexibility index (Phi) is 9.25. The van der Waals surface area contributed by atoms with Gasteiger partial charge in [0.25, 0.3) is 0 Å². The molecule has 0 aliphatic carbocycles. The summed E-state index contributed by atoms with van der Waals surface area (Å²) in [5.41, 5.74) is 1.43. The fourth-order valence-electron chi connectivity index (χ4n) is 3.51. The summed E-state index contributed by atoms with van der Waals surface area (Å²) in [7, 11) is -3.50. The Balaban J connectivity index is 1.38. The number of hydrogen-bond acceptors (Lipinski definition) is 4. The molecule has 1 aliphatic rings. The first-order chi connectivity index (χ1) is 15.3. The quantitative estimate of drug-likeness (QED) is 0.487. The van der Waals surface area contributed by atoms with Crippen molar-refractivity contribution in [2.45, 2.75) is 24.3 Å². The van der Waals surface area contributed by atoms with Crippen molar-refractivity contribution in [3.8, 4) is 0 Å². The molecule has 1 N–H and O–H groups in total. The molecule has 0 radical (unpaired) electrons. The van der Waals surface area contributed by atoms with Gasteiger partial charge in [0.05, 0.1) is 5.75 Å². The van der Waals surface area contributed by atoms with Crippen LogP contribution in [0.1, 0.15) is 24.0 Å². The van der Waals surface area contributed by atoms with Crippen LogP contribution in [0.3, 0.4) is 0 Å². The van der Waals surface area contributed by atoms with E-state index in [4.69, 9.17) is 23.2 Å². The summed E-state index contributed by atoms with van der Waals surface area (Å²) in [4.78, 5) is 12.5. The zero-order valence-electron chi connectivity index (χ0n) is 17.4. The highest BCUT2D eigenvalue weighted by atomic mass is 35.5. The SMILES string of the molecule is O=C(NCCSCc1c(Cl)cccc1Cl)C1CCN(S(=O)(=O)Cc2ccc(F)cc2)CC1. The van der Waals surface area contributed by atoms with E-state index in [-0.39, 0.29) is 17.6 Å². The summed E-state index contributed by atoms with van der Waals surface area (Å²) in [6, 6.07) is 10.9. The van der Waals surface area contributed by atoms with Gasteiger partial charge in [0.15, 0.2) is 0 Å². The van der Waals surface area contributed by atoms with Crippen LogP contribution in [-0.4, -0.2) is 44.0 Å². The number of carbonyl (C=O) groups excluding carboxylic acids is 1. The van der Waals surface area contributed by atoms with Crippen LogP contribution in [0, 0.1) is 11.7 Å². The summed E-state index contributed by atoms with van der Waals surface area (Å²) in [6.45, 7) is 1.14. The molecule has 5 nitrogen and oxygen atoms in total. The van der Waals surface area contributed by atoms with Crippen LogP contribution in [0.25, 0.3) is 0 Å². The van der Waals surface area contributed by atoms with Gasteiger partial charge in [0.1, 0.15) is 5.82 Å². The Hall–Kier alpha value is -1.32.